The van der Waals surface area contributed by atoms with E-state index in [2.05, 4.69) is 10.6 Å². The van der Waals surface area contributed by atoms with Gasteiger partial charge in [-0.15, -0.1) is 0 Å². The first-order valence-electron chi connectivity index (χ1n) is 6.15. The molecule has 1 aromatic carbocycles. The van der Waals surface area contributed by atoms with Crippen LogP contribution in [0.4, 0.5) is 4.79 Å². The van der Waals surface area contributed by atoms with Gasteiger partial charge in [0.2, 0.25) is 0 Å². The summed E-state index contributed by atoms with van der Waals surface area (Å²) < 4.78 is 0. The van der Waals surface area contributed by atoms with Crippen molar-refractivity contribution in [3.63, 3.8) is 0 Å². The number of aliphatic hydroxyl groups is 1. The highest BCUT2D eigenvalue weighted by Crippen LogP contribution is 2.25. The molecule has 3 unspecified atom stereocenters. The maximum Gasteiger partial charge on any atom is 0.328 e. The van der Waals surface area contributed by atoms with Crippen molar-refractivity contribution < 1.29 is 19.8 Å². The van der Waals surface area contributed by atoms with Crippen LogP contribution in [0.3, 0.4) is 0 Å². The fourth-order valence-corrected chi connectivity index (χ4v) is 2.27. The van der Waals surface area contributed by atoms with Crippen LogP contribution in [0.1, 0.15) is 25.5 Å². The quantitative estimate of drug-likeness (QED) is 0.663. The molecule has 0 bridgehead atoms. The number of carboxylic acids is 1. The number of carboxylic acid groups (broad SMARTS) is 1. The van der Waals surface area contributed by atoms with Gasteiger partial charge < -0.3 is 20.8 Å². The smallest absolute Gasteiger partial charge is 0.328 e. The summed E-state index contributed by atoms with van der Waals surface area (Å²) in [6.45, 7) is 2.96. The second-order valence-electron chi connectivity index (χ2n) is 4.56. The number of urea groups is 1. The molecule has 2 amide bonds. The van der Waals surface area contributed by atoms with Crippen LogP contribution in [0.2, 0.25) is 10.0 Å². The molecule has 1 rings (SSSR count). The first-order chi connectivity index (χ1) is 9.72. The van der Waals surface area contributed by atoms with E-state index in [-0.39, 0.29) is 0 Å². The van der Waals surface area contributed by atoms with Crippen LogP contribution in [0.15, 0.2) is 18.2 Å². The predicted octanol–water partition coefficient (Wildman–Crippen LogP) is 2.19. The van der Waals surface area contributed by atoms with E-state index in [4.69, 9.17) is 28.3 Å². The molecule has 0 heterocycles. The number of nitrogens with one attached hydrogen (secondary N) is 2. The molecule has 0 aliphatic carbocycles. The molecule has 0 aliphatic rings. The Kier molecular flexibility index (Phi) is 6.26. The summed E-state index contributed by atoms with van der Waals surface area (Å²) in [6.07, 6.45) is -1.22. The molecule has 1 aromatic rings. The third-order valence-corrected chi connectivity index (χ3v) is 3.37. The number of hydrogen-bond acceptors (Lipinski definition) is 3. The highest BCUT2D eigenvalue weighted by Gasteiger charge is 2.25. The minimum absolute atomic E-state index is 0.389. The standard InChI is InChI=1S/C13H16Cl2N2O4/c1-6(9-4-3-8(14)5-10(9)15)16-13(21)17-11(7(2)18)12(19)20/h3-7,11,18H,1-2H3,(H,19,20)(H2,16,17,21). The molecule has 4 N–H and O–H groups in total. The number of aliphatic hydroxyl groups excluding tert-OH is 1. The van der Waals surface area contributed by atoms with Crippen LogP contribution in [-0.2, 0) is 4.79 Å². The third kappa shape index (κ3) is 5.08. The van der Waals surface area contributed by atoms with E-state index in [1.807, 2.05) is 0 Å². The Balaban J connectivity index is 2.71. The summed E-state index contributed by atoms with van der Waals surface area (Å²) in [4.78, 5) is 22.6. The van der Waals surface area contributed by atoms with Gasteiger partial charge in [0.05, 0.1) is 12.1 Å². The normalized spacial score (nSPS) is 14.9. The van der Waals surface area contributed by atoms with Crippen molar-refractivity contribution in [2.75, 3.05) is 0 Å². The van der Waals surface area contributed by atoms with Gasteiger partial charge >= 0.3 is 12.0 Å². The highest BCUT2D eigenvalue weighted by molar-refractivity contribution is 6.35. The van der Waals surface area contributed by atoms with E-state index in [0.29, 0.717) is 15.6 Å². The zero-order chi connectivity index (χ0) is 16.2. The van der Waals surface area contributed by atoms with Crippen molar-refractivity contribution in [3.8, 4) is 0 Å². The van der Waals surface area contributed by atoms with Crippen LogP contribution in [-0.4, -0.2) is 34.4 Å². The van der Waals surface area contributed by atoms with Crippen molar-refractivity contribution in [2.24, 2.45) is 0 Å². The average Bonchev–Trinajstić information content (AvgIpc) is 2.34. The van der Waals surface area contributed by atoms with Gasteiger partial charge in [-0.2, -0.15) is 0 Å². The first kappa shape index (κ1) is 17.6. The lowest BCUT2D eigenvalue weighted by Crippen LogP contribution is -2.51. The summed E-state index contributed by atoms with van der Waals surface area (Å²) in [6, 6.07) is 2.27. The molecular formula is C13H16Cl2N2O4. The topological polar surface area (TPSA) is 98.7 Å². The average molecular weight is 335 g/mol. The van der Waals surface area contributed by atoms with Crippen molar-refractivity contribution >= 4 is 35.2 Å². The van der Waals surface area contributed by atoms with Crippen molar-refractivity contribution in [2.45, 2.75) is 32.0 Å². The molecule has 116 valence electrons. The highest BCUT2D eigenvalue weighted by atomic mass is 35.5. The van der Waals surface area contributed by atoms with E-state index in [1.165, 1.54) is 6.92 Å². The molecule has 3 atom stereocenters. The van der Waals surface area contributed by atoms with Gasteiger partial charge in [0.1, 0.15) is 0 Å². The summed E-state index contributed by atoms with van der Waals surface area (Å²) >= 11 is 11.8. The molecule has 21 heavy (non-hydrogen) atoms. The molecule has 0 saturated heterocycles. The molecule has 0 spiro atoms. The van der Waals surface area contributed by atoms with Crippen LogP contribution in [0.5, 0.6) is 0 Å². The zero-order valence-corrected chi connectivity index (χ0v) is 12.9. The molecule has 0 fully saturated rings. The fourth-order valence-electron chi connectivity index (χ4n) is 1.70. The number of benzene rings is 1. The number of aliphatic carboxylic acids is 1. The Labute approximate surface area is 132 Å². The molecule has 6 nitrogen and oxygen atoms in total. The monoisotopic (exact) mass is 334 g/mol. The number of rotatable bonds is 5. The Bertz CT molecular complexity index is 537. The van der Waals surface area contributed by atoms with Crippen LogP contribution < -0.4 is 10.6 Å². The molecular weight excluding hydrogens is 319 g/mol. The third-order valence-electron chi connectivity index (χ3n) is 2.81. The molecule has 0 radical (unpaired) electrons. The van der Waals surface area contributed by atoms with Gasteiger partial charge in [-0.25, -0.2) is 9.59 Å². The van der Waals surface area contributed by atoms with E-state index in [9.17, 15) is 14.7 Å². The van der Waals surface area contributed by atoms with Crippen molar-refractivity contribution in [3.05, 3.63) is 33.8 Å². The summed E-state index contributed by atoms with van der Waals surface area (Å²) in [5.41, 5.74) is 0.639. The Morgan fingerprint density at radius 1 is 1.19 bits per heavy atom. The van der Waals surface area contributed by atoms with E-state index in [1.54, 1.807) is 25.1 Å². The lowest BCUT2D eigenvalue weighted by Gasteiger charge is -2.20. The first-order valence-corrected chi connectivity index (χ1v) is 6.90. The van der Waals surface area contributed by atoms with Gasteiger partial charge in [0, 0.05) is 10.0 Å². The van der Waals surface area contributed by atoms with E-state index < -0.39 is 30.2 Å². The Morgan fingerprint density at radius 2 is 1.81 bits per heavy atom. The zero-order valence-electron chi connectivity index (χ0n) is 11.4. The summed E-state index contributed by atoms with van der Waals surface area (Å²) in [7, 11) is 0. The lowest BCUT2D eigenvalue weighted by atomic mass is 10.1. The van der Waals surface area contributed by atoms with Crippen LogP contribution in [0.25, 0.3) is 0 Å². The van der Waals surface area contributed by atoms with Gasteiger partial charge in [0.15, 0.2) is 6.04 Å². The SMILES string of the molecule is CC(NC(=O)NC(C(=O)O)C(C)O)c1ccc(Cl)cc1Cl. The summed E-state index contributed by atoms with van der Waals surface area (Å²) in [5.74, 6) is -1.32. The number of carbonyl (C=O) groups is 2. The van der Waals surface area contributed by atoms with Crippen LogP contribution in [0, 0.1) is 0 Å². The van der Waals surface area contributed by atoms with Gasteiger partial charge in [-0.3, -0.25) is 0 Å². The molecule has 0 aliphatic heterocycles. The minimum Gasteiger partial charge on any atom is -0.480 e. The predicted molar refractivity (Wildman–Crippen MR) is 79.6 cm³/mol. The maximum atomic E-state index is 11.8. The van der Waals surface area contributed by atoms with Crippen molar-refractivity contribution in [1.29, 1.82) is 0 Å². The Hall–Kier alpha value is -1.50. The molecule has 8 heteroatoms. The minimum atomic E-state index is -1.39. The molecule has 0 saturated carbocycles. The van der Waals surface area contributed by atoms with Gasteiger partial charge in [-0.05, 0) is 31.5 Å². The number of halogens is 2. The van der Waals surface area contributed by atoms with Gasteiger partial charge in [0.25, 0.3) is 0 Å². The maximum absolute atomic E-state index is 11.8. The molecule has 0 aromatic heterocycles. The fraction of sp³-hybridized carbons (Fsp3) is 0.385. The van der Waals surface area contributed by atoms with Gasteiger partial charge in [-0.1, -0.05) is 29.3 Å². The lowest BCUT2D eigenvalue weighted by molar-refractivity contribution is -0.141. The van der Waals surface area contributed by atoms with Crippen molar-refractivity contribution in [1.82, 2.24) is 10.6 Å². The number of carbonyl (C=O) groups excluding carboxylic acids is 1. The van der Waals surface area contributed by atoms with E-state index >= 15 is 0 Å². The van der Waals surface area contributed by atoms with Crippen LogP contribution >= 0.6 is 23.2 Å². The van der Waals surface area contributed by atoms with E-state index in [0.717, 1.165) is 0 Å². The Morgan fingerprint density at radius 3 is 2.29 bits per heavy atom. The summed E-state index contributed by atoms with van der Waals surface area (Å²) in [5, 5.41) is 23.8. The largest absolute Gasteiger partial charge is 0.480 e. The second kappa shape index (κ2) is 7.49. The number of hydrogen-bond donors (Lipinski definition) is 4. The second-order valence-corrected chi connectivity index (χ2v) is 5.41. The number of amides is 2.